The Balaban J connectivity index is 2.35. The molecule has 0 spiro atoms. The van der Waals surface area contributed by atoms with Crippen molar-refractivity contribution in [3.63, 3.8) is 0 Å². The third-order valence-corrected chi connectivity index (χ3v) is 4.41. The summed E-state index contributed by atoms with van der Waals surface area (Å²) >= 11 is 0. The Morgan fingerprint density at radius 1 is 0.893 bits per heavy atom. The second-order valence-corrected chi connectivity index (χ2v) is 6.47. The number of rotatable bonds is 5. The van der Waals surface area contributed by atoms with Gasteiger partial charge in [-0.2, -0.15) is 0 Å². The van der Waals surface area contributed by atoms with Gasteiger partial charge in [-0.25, -0.2) is 0 Å². The molecule has 4 N–H and O–H groups in total. The van der Waals surface area contributed by atoms with Crippen LogP contribution < -0.4 is 5.11 Å². The minimum atomic E-state index is -1.56. The molecule has 28 heavy (non-hydrogen) atoms. The van der Waals surface area contributed by atoms with E-state index in [4.69, 9.17) is 0 Å². The molecule has 3 aromatic rings. The van der Waals surface area contributed by atoms with Gasteiger partial charge in [0.25, 0.3) is 0 Å². The lowest BCUT2D eigenvalue weighted by Crippen LogP contribution is -2.26. The van der Waals surface area contributed by atoms with E-state index in [0.29, 0.717) is 0 Å². The molecule has 0 radical (unpaired) electrons. The molecule has 0 unspecified atom stereocenters. The van der Waals surface area contributed by atoms with Crippen molar-refractivity contribution < 1.29 is 39.9 Å². The van der Waals surface area contributed by atoms with Crippen LogP contribution in [0.1, 0.15) is 29.3 Å². The van der Waals surface area contributed by atoms with Gasteiger partial charge in [0.15, 0.2) is 5.78 Å². The van der Waals surface area contributed by atoms with Gasteiger partial charge < -0.3 is 30.3 Å². The lowest BCUT2D eigenvalue weighted by molar-refractivity contribution is -0.304. The van der Waals surface area contributed by atoms with Crippen molar-refractivity contribution >= 4 is 39.1 Å². The maximum atomic E-state index is 12.1. The van der Waals surface area contributed by atoms with E-state index in [9.17, 15) is 39.9 Å². The number of carbonyl (C=O) groups is 3. The predicted molar refractivity (Wildman–Crippen MR) is 96.5 cm³/mol. The van der Waals surface area contributed by atoms with Gasteiger partial charge in [-0.15, -0.1) is 0 Å². The molecular formula is C20H15O8-. The minimum absolute atomic E-state index is 0.0316. The average molecular weight is 383 g/mol. The quantitative estimate of drug-likeness (QED) is 0.292. The molecule has 3 aromatic carbocycles. The average Bonchev–Trinajstić information content (AvgIpc) is 2.51. The molecule has 0 aliphatic heterocycles. The Hall–Kier alpha value is -3.81. The van der Waals surface area contributed by atoms with E-state index in [1.807, 2.05) is 0 Å². The normalized spacial score (nSPS) is 11.0. The predicted octanol–water partition coefficient (Wildman–Crippen LogP) is 1.27. The van der Waals surface area contributed by atoms with Crippen molar-refractivity contribution in [3.05, 3.63) is 35.4 Å². The summed E-state index contributed by atoms with van der Waals surface area (Å²) in [5.41, 5.74) is -0.140. The highest BCUT2D eigenvalue weighted by atomic mass is 16.4. The Labute approximate surface area is 157 Å². The van der Waals surface area contributed by atoms with Crippen LogP contribution in [-0.4, -0.2) is 38.0 Å². The summed E-state index contributed by atoms with van der Waals surface area (Å²) in [6.45, 7) is 1.15. The summed E-state index contributed by atoms with van der Waals surface area (Å²) in [5, 5.41) is 51.9. The second-order valence-electron chi connectivity index (χ2n) is 6.47. The van der Waals surface area contributed by atoms with E-state index < -0.39 is 47.6 Å². The van der Waals surface area contributed by atoms with Crippen LogP contribution in [0.15, 0.2) is 24.3 Å². The first-order valence-corrected chi connectivity index (χ1v) is 8.18. The number of hydrogen-bond donors (Lipinski definition) is 4. The fourth-order valence-electron chi connectivity index (χ4n) is 3.37. The summed E-state index contributed by atoms with van der Waals surface area (Å²) in [7, 11) is 0. The molecule has 0 atom stereocenters. The number of carbonyl (C=O) groups excluding carboxylic acids is 3. The van der Waals surface area contributed by atoms with Gasteiger partial charge in [0.05, 0.1) is 16.3 Å². The highest BCUT2D eigenvalue weighted by molar-refractivity contribution is 6.14. The maximum absolute atomic E-state index is 12.1. The number of carboxylic acids is 1. The lowest BCUT2D eigenvalue weighted by atomic mass is 9.91. The Kier molecular flexibility index (Phi) is 4.56. The highest BCUT2D eigenvalue weighted by Gasteiger charge is 2.22. The topological polar surface area (TPSA) is 155 Å². The van der Waals surface area contributed by atoms with Crippen LogP contribution in [0, 0.1) is 0 Å². The molecule has 0 aliphatic rings. The summed E-state index contributed by atoms with van der Waals surface area (Å²) in [5.74, 6) is -4.64. The van der Waals surface area contributed by atoms with Gasteiger partial charge in [-0.05, 0) is 41.5 Å². The van der Waals surface area contributed by atoms with Crippen LogP contribution in [0.3, 0.4) is 0 Å². The first kappa shape index (κ1) is 19.0. The van der Waals surface area contributed by atoms with E-state index in [0.717, 1.165) is 13.0 Å². The van der Waals surface area contributed by atoms with Gasteiger partial charge in [0.1, 0.15) is 28.8 Å². The van der Waals surface area contributed by atoms with Crippen LogP contribution in [0.2, 0.25) is 0 Å². The Bertz CT molecular complexity index is 1180. The summed E-state index contributed by atoms with van der Waals surface area (Å²) in [6.07, 6.45) is -1.28. The standard InChI is InChI=1S/C20H16O8/c1-8(21)16-10(4-13(23)7-15(25)26)2-9-3-11-5-12(22)6-14(24)17(11)20(28)18(9)19(16)27/h2-3,5-6,22,24,27-28H,4,7H2,1H3,(H,25,26)/p-1. The molecule has 0 amide bonds. The Morgan fingerprint density at radius 3 is 2.14 bits per heavy atom. The van der Waals surface area contributed by atoms with Crippen molar-refractivity contribution in [1.82, 2.24) is 0 Å². The monoisotopic (exact) mass is 383 g/mol. The SMILES string of the molecule is CC(=O)c1c(CC(=O)CC(=O)[O-])cc2cc3cc(O)cc(O)c3c(O)c2c1O. The number of fused-ring (bicyclic) bond motifs is 2. The fraction of sp³-hybridized carbons (Fsp3) is 0.150. The molecule has 0 aliphatic carbocycles. The number of carboxylic acid groups (broad SMARTS) is 1. The van der Waals surface area contributed by atoms with Crippen molar-refractivity contribution in [2.24, 2.45) is 0 Å². The van der Waals surface area contributed by atoms with Gasteiger partial charge in [-0.3, -0.25) is 9.59 Å². The van der Waals surface area contributed by atoms with E-state index in [1.165, 1.54) is 18.2 Å². The molecule has 8 heteroatoms. The summed E-state index contributed by atoms with van der Waals surface area (Å²) in [4.78, 5) is 34.6. The van der Waals surface area contributed by atoms with Crippen LogP contribution in [0.4, 0.5) is 0 Å². The zero-order chi connectivity index (χ0) is 20.7. The molecule has 0 bridgehead atoms. The van der Waals surface area contributed by atoms with Crippen LogP contribution >= 0.6 is 0 Å². The molecule has 0 saturated heterocycles. The molecular weight excluding hydrogens is 368 g/mol. The second kappa shape index (κ2) is 6.73. The fourth-order valence-corrected chi connectivity index (χ4v) is 3.37. The first-order valence-electron chi connectivity index (χ1n) is 8.18. The van der Waals surface area contributed by atoms with E-state index in [1.54, 1.807) is 0 Å². The van der Waals surface area contributed by atoms with E-state index in [-0.39, 0.29) is 38.4 Å². The zero-order valence-electron chi connectivity index (χ0n) is 14.6. The van der Waals surface area contributed by atoms with E-state index in [2.05, 4.69) is 0 Å². The lowest BCUT2D eigenvalue weighted by Gasteiger charge is -2.15. The smallest absolute Gasteiger partial charge is 0.163 e. The van der Waals surface area contributed by atoms with Crippen molar-refractivity contribution in [3.8, 4) is 23.0 Å². The number of hydrogen-bond acceptors (Lipinski definition) is 8. The molecule has 0 saturated carbocycles. The van der Waals surface area contributed by atoms with E-state index >= 15 is 0 Å². The number of phenolic OH excluding ortho intramolecular Hbond substituents is 4. The zero-order valence-corrected chi connectivity index (χ0v) is 14.6. The number of Topliss-reactive ketones (excluding diaryl/α,β-unsaturated/α-hetero) is 2. The van der Waals surface area contributed by atoms with Gasteiger partial charge in [-0.1, -0.05) is 0 Å². The number of ketones is 2. The summed E-state index contributed by atoms with van der Waals surface area (Å²) < 4.78 is 0. The third kappa shape index (κ3) is 3.16. The molecule has 8 nitrogen and oxygen atoms in total. The number of phenols is 4. The molecule has 0 heterocycles. The largest absolute Gasteiger partial charge is 0.550 e. The minimum Gasteiger partial charge on any atom is -0.550 e. The number of benzene rings is 3. The van der Waals surface area contributed by atoms with Crippen molar-refractivity contribution in [1.29, 1.82) is 0 Å². The highest BCUT2D eigenvalue weighted by Crippen LogP contribution is 2.45. The van der Waals surface area contributed by atoms with Gasteiger partial charge in [0, 0.05) is 24.9 Å². The molecule has 0 fully saturated rings. The molecule has 0 aromatic heterocycles. The van der Waals surface area contributed by atoms with Crippen LogP contribution in [0.25, 0.3) is 21.5 Å². The van der Waals surface area contributed by atoms with Crippen LogP contribution in [0.5, 0.6) is 23.0 Å². The maximum Gasteiger partial charge on any atom is 0.163 e. The molecule has 3 rings (SSSR count). The van der Waals surface area contributed by atoms with Crippen molar-refractivity contribution in [2.45, 2.75) is 19.8 Å². The number of aromatic hydroxyl groups is 4. The van der Waals surface area contributed by atoms with Gasteiger partial charge in [0.2, 0.25) is 0 Å². The van der Waals surface area contributed by atoms with Crippen LogP contribution in [-0.2, 0) is 16.0 Å². The number of aliphatic carboxylic acids is 1. The van der Waals surface area contributed by atoms with Crippen molar-refractivity contribution in [2.75, 3.05) is 0 Å². The first-order chi connectivity index (χ1) is 13.1. The van der Waals surface area contributed by atoms with Gasteiger partial charge >= 0.3 is 0 Å². The Morgan fingerprint density at radius 2 is 1.54 bits per heavy atom. The third-order valence-electron chi connectivity index (χ3n) is 4.41. The molecule has 144 valence electrons. The summed E-state index contributed by atoms with van der Waals surface area (Å²) in [6, 6.07) is 5.12.